The highest BCUT2D eigenvalue weighted by molar-refractivity contribution is 5.87. The van der Waals surface area contributed by atoms with Gasteiger partial charge in [0, 0.05) is 46.3 Å². The maximum Gasteiger partial charge on any atom is 0.0464 e. The van der Waals surface area contributed by atoms with Crippen molar-refractivity contribution in [2.75, 3.05) is 16.8 Å². The summed E-state index contributed by atoms with van der Waals surface area (Å²) < 4.78 is 0. The standard InChI is InChI=1S/C74H82N2/c1-5-7-9-11-13-18-50-74(51-19-14-12-10-8-6-2)71-53-60(57-28-39-65(40-29-57)75(4)64-22-16-15-17-23-64)33-46-69(71)70-47-34-61(54-72(70)74)58-30-41-66(42-31-58)76(68-43-32-56-26-27-59(56)52-68)67-44-37-63(38-45-67)73(48-20-21-49-73)62-35-24-55(3)25-36-62/h15-17,22-25,28-47,52-54H,5-14,18-21,26-27,48-51H2,1-4H3. The van der Waals surface area contributed by atoms with E-state index < -0.39 is 0 Å². The van der Waals surface area contributed by atoms with E-state index in [1.807, 2.05) is 0 Å². The van der Waals surface area contributed by atoms with E-state index in [9.17, 15) is 0 Å². The third-order valence-corrected chi connectivity index (χ3v) is 18.3. The summed E-state index contributed by atoms with van der Waals surface area (Å²) in [6.45, 7) is 6.86. The molecule has 0 amide bonds. The molecule has 3 aliphatic carbocycles. The van der Waals surface area contributed by atoms with Crippen LogP contribution in [0, 0.1) is 6.92 Å². The van der Waals surface area contributed by atoms with Gasteiger partial charge in [-0.25, -0.2) is 0 Å². The van der Waals surface area contributed by atoms with Crippen LogP contribution < -0.4 is 9.80 Å². The van der Waals surface area contributed by atoms with Crippen molar-refractivity contribution in [2.24, 2.45) is 0 Å². The molecular weight excluding hydrogens is 917 g/mol. The fourth-order valence-corrected chi connectivity index (χ4v) is 13.7. The van der Waals surface area contributed by atoms with E-state index in [1.165, 1.54) is 212 Å². The molecule has 0 radical (unpaired) electrons. The average Bonchev–Trinajstić information content (AvgIpc) is 4.20. The third-order valence-electron chi connectivity index (χ3n) is 18.3. The zero-order valence-corrected chi connectivity index (χ0v) is 46.4. The summed E-state index contributed by atoms with van der Waals surface area (Å²) in [4.78, 5) is 4.77. The van der Waals surface area contributed by atoms with E-state index in [0.29, 0.717) is 0 Å². The van der Waals surface area contributed by atoms with E-state index in [2.05, 4.69) is 220 Å². The van der Waals surface area contributed by atoms with Gasteiger partial charge in [-0.2, -0.15) is 0 Å². The normalized spacial score (nSPS) is 14.7. The quantitative estimate of drug-likeness (QED) is 0.0589. The SMILES string of the molecule is CCCCCCCCC1(CCCCCCCC)c2cc(-c3ccc(N(C)c4ccccc4)cc3)ccc2-c2ccc(-c3ccc(N(c4ccc(C5(c6ccc(C)cc6)CCCC5)cc4)c4ccc5c(c4)CC5)cc3)cc21. The molecule has 2 nitrogen and oxygen atoms in total. The highest BCUT2D eigenvalue weighted by Gasteiger charge is 2.43. The second-order valence-corrected chi connectivity index (χ2v) is 23.1. The molecule has 388 valence electrons. The van der Waals surface area contributed by atoms with E-state index in [-0.39, 0.29) is 10.8 Å². The maximum absolute atomic E-state index is 2.63. The highest BCUT2D eigenvalue weighted by Crippen LogP contribution is 2.56. The van der Waals surface area contributed by atoms with Gasteiger partial charge in [-0.3, -0.25) is 0 Å². The van der Waals surface area contributed by atoms with Crippen molar-refractivity contribution in [2.45, 2.75) is 160 Å². The molecule has 8 aromatic rings. The Kier molecular flexibility index (Phi) is 15.8. The monoisotopic (exact) mass is 999 g/mol. The molecule has 0 heterocycles. The zero-order chi connectivity index (χ0) is 51.9. The van der Waals surface area contributed by atoms with Crippen molar-refractivity contribution in [1.29, 1.82) is 0 Å². The van der Waals surface area contributed by atoms with Crippen LogP contribution in [-0.2, 0) is 23.7 Å². The van der Waals surface area contributed by atoms with Gasteiger partial charge in [-0.15, -0.1) is 0 Å². The number of para-hydroxylation sites is 1. The van der Waals surface area contributed by atoms with Gasteiger partial charge in [0.2, 0.25) is 0 Å². The Bertz CT molecular complexity index is 3160. The predicted molar refractivity (Wildman–Crippen MR) is 327 cm³/mol. The number of hydrogen-bond donors (Lipinski definition) is 0. The van der Waals surface area contributed by atoms with Crippen LogP contribution in [0.3, 0.4) is 0 Å². The molecule has 11 rings (SSSR count). The molecule has 1 fully saturated rings. The summed E-state index contributed by atoms with van der Waals surface area (Å²) in [5.41, 5.74) is 24.5. The molecule has 0 saturated heterocycles. The number of nitrogens with zero attached hydrogens (tertiary/aromatic N) is 2. The van der Waals surface area contributed by atoms with Crippen molar-refractivity contribution in [3.8, 4) is 33.4 Å². The minimum Gasteiger partial charge on any atom is -0.345 e. The molecule has 76 heavy (non-hydrogen) atoms. The van der Waals surface area contributed by atoms with E-state index in [4.69, 9.17) is 0 Å². The number of rotatable bonds is 23. The second-order valence-electron chi connectivity index (χ2n) is 23.1. The lowest BCUT2D eigenvalue weighted by atomic mass is 9.70. The summed E-state index contributed by atoms with van der Waals surface area (Å²) >= 11 is 0. The first-order chi connectivity index (χ1) is 37.4. The minimum atomic E-state index is -0.0338. The number of fused-ring (bicyclic) bond motifs is 4. The molecule has 0 spiro atoms. The van der Waals surface area contributed by atoms with Crippen molar-refractivity contribution < 1.29 is 0 Å². The Balaban J connectivity index is 0.938. The van der Waals surface area contributed by atoms with Crippen molar-refractivity contribution in [1.82, 2.24) is 0 Å². The number of unbranched alkanes of at least 4 members (excludes halogenated alkanes) is 10. The van der Waals surface area contributed by atoms with Crippen LogP contribution in [0.2, 0.25) is 0 Å². The number of benzene rings is 8. The van der Waals surface area contributed by atoms with Crippen LogP contribution in [0.15, 0.2) is 182 Å². The Morgan fingerprint density at radius 3 is 1.36 bits per heavy atom. The molecule has 3 aliphatic rings. The minimum absolute atomic E-state index is 0.0338. The topological polar surface area (TPSA) is 6.48 Å². The third kappa shape index (κ3) is 10.5. The molecule has 0 N–H and O–H groups in total. The Hall–Kier alpha value is -6.64. The van der Waals surface area contributed by atoms with Crippen LogP contribution in [0.4, 0.5) is 28.4 Å². The van der Waals surface area contributed by atoms with Gasteiger partial charge >= 0.3 is 0 Å². The van der Waals surface area contributed by atoms with Crippen LogP contribution in [0.5, 0.6) is 0 Å². The summed E-state index contributed by atoms with van der Waals surface area (Å²) in [6.07, 6.45) is 25.5. The molecule has 2 heteroatoms. The molecule has 8 aromatic carbocycles. The fraction of sp³-hybridized carbons (Fsp3) is 0.351. The first kappa shape index (κ1) is 51.5. The molecule has 0 bridgehead atoms. The first-order valence-electron chi connectivity index (χ1n) is 29.8. The summed E-state index contributed by atoms with van der Waals surface area (Å²) in [6, 6.07) is 70.7. The first-order valence-corrected chi connectivity index (χ1v) is 29.8. The van der Waals surface area contributed by atoms with E-state index in [1.54, 1.807) is 11.1 Å². The Morgan fingerprint density at radius 2 is 0.842 bits per heavy atom. The van der Waals surface area contributed by atoms with Gasteiger partial charge in [-0.05, 0) is 185 Å². The number of aryl methyl sites for hydroxylation is 3. The molecule has 0 aliphatic heterocycles. The number of anilines is 5. The van der Waals surface area contributed by atoms with Crippen LogP contribution in [0.1, 0.15) is 168 Å². The van der Waals surface area contributed by atoms with Gasteiger partial charge in [-0.1, -0.05) is 218 Å². The smallest absolute Gasteiger partial charge is 0.0464 e. The van der Waals surface area contributed by atoms with Gasteiger partial charge in [0.05, 0.1) is 0 Å². The van der Waals surface area contributed by atoms with E-state index >= 15 is 0 Å². The molecule has 0 atom stereocenters. The Labute approximate surface area is 457 Å². The van der Waals surface area contributed by atoms with Gasteiger partial charge in [0.1, 0.15) is 0 Å². The largest absolute Gasteiger partial charge is 0.345 e. The van der Waals surface area contributed by atoms with Gasteiger partial charge < -0.3 is 9.80 Å². The summed E-state index contributed by atoms with van der Waals surface area (Å²) in [5.74, 6) is 0. The molecule has 0 aromatic heterocycles. The van der Waals surface area contributed by atoms with Crippen molar-refractivity contribution in [3.63, 3.8) is 0 Å². The van der Waals surface area contributed by atoms with Crippen molar-refractivity contribution >= 4 is 28.4 Å². The van der Waals surface area contributed by atoms with Crippen LogP contribution >= 0.6 is 0 Å². The lowest BCUT2D eigenvalue weighted by Crippen LogP contribution is -2.25. The fourth-order valence-electron chi connectivity index (χ4n) is 13.7. The summed E-state index contributed by atoms with van der Waals surface area (Å²) in [7, 11) is 2.17. The van der Waals surface area contributed by atoms with Crippen molar-refractivity contribution in [3.05, 3.63) is 221 Å². The van der Waals surface area contributed by atoms with Gasteiger partial charge in [0.25, 0.3) is 0 Å². The van der Waals surface area contributed by atoms with Gasteiger partial charge in [0.15, 0.2) is 0 Å². The molecular formula is C74H82N2. The number of hydrogen-bond acceptors (Lipinski definition) is 2. The summed E-state index contributed by atoms with van der Waals surface area (Å²) in [5, 5.41) is 0. The van der Waals surface area contributed by atoms with Crippen LogP contribution in [0.25, 0.3) is 33.4 Å². The average molecular weight is 999 g/mol. The van der Waals surface area contributed by atoms with E-state index in [0.717, 1.165) is 6.42 Å². The van der Waals surface area contributed by atoms with Crippen LogP contribution in [-0.4, -0.2) is 7.05 Å². The molecule has 0 unspecified atom stereocenters. The molecule has 1 saturated carbocycles. The zero-order valence-electron chi connectivity index (χ0n) is 46.4. The second kappa shape index (κ2) is 23.3. The highest BCUT2D eigenvalue weighted by atomic mass is 15.1. The lowest BCUT2D eigenvalue weighted by Gasteiger charge is -2.33. The lowest BCUT2D eigenvalue weighted by molar-refractivity contribution is 0.398. The Morgan fingerprint density at radius 1 is 0.395 bits per heavy atom. The maximum atomic E-state index is 2.63. The predicted octanol–water partition coefficient (Wildman–Crippen LogP) is 21.3.